The lowest BCUT2D eigenvalue weighted by atomic mass is 9.89. The van der Waals surface area contributed by atoms with Crippen molar-refractivity contribution in [3.63, 3.8) is 0 Å². The molecule has 3 aromatic rings. The van der Waals surface area contributed by atoms with Gasteiger partial charge in [0.05, 0.1) is 0 Å². The van der Waals surface area contributed by atoms with E-state index in [-0.39, 0.29) is 5.78 Å². The van der Waals surface area contributed by atoms with Crippen LogP contribution in [0.15, 0.2) is 67.4 Å². The Morgan fingerprint density at radius 1 is 1.03 bits per heavy atom. The quantitative estimate of drug-likeness (QED) is 0.155. The number of hydrogen-bond donors (Lipinski definition) is 2. The van der Waals surface area contributed by atoms with Gasteiger partial charge in [0.2, 0.25) is 5.88 Å². The maximum atomic E-state index is 11.7. The van der Waals surface area contributed by atoms with Crippen LogP contribution in [-0.4, -0.2) is 16.8 Å². The highest BCUT2D eigenvalue weighted by molar-refractivity contribution is 5.94. The van der Waals surface area contributed by atoms with E-state index in [1.165, 1.54) is 0 Å². The number of aromatic nitrogens is 1. The van der Waals surface area contributed by atoms with Gasteiger partial charge in [-0.05, 0) is 73.6 Å². The highest BCUT2D eigenvalue weighted by Crippen LogP contribution is 2.25. The van der Waals surface area contributed by atoms with Gasteiger partial charge in [0.25, 0.3) is 0 Å². The zero-order chi connectivity index (χ0) is 28.4. The second-order valence-corrected chi connectivity index (χ2v) is 10.4. The smallest absolute Gasteiger partial charge is 0.219 e. The normalized spacial score (nSPS) is 12.6. The first-order valence-corrected chi connectivity index (χ1v) is 13.9. The minimum atomic E-state index is 0.0582. The molecule has 6 nitrogen and oxygen atoms in total. The van der Waals surface area contributed by atoms with Crippen LogP contribution in [-0.2, 0) is 13.0 Å². The molecule has 39 heavy (non-hydrogen) atoms. The van der Waals surface area contributed by atoms with Gasteiger partial charge in [-0.25, -0.2) is 10.4 Å². The van der Waals surface area contributed by atoms with Crippen molar-refractivity contribution in [2.45, 2.75) is 73.5 Å². The molecule has 0 spiro atoms. The van der Waals surface area contributed by atoms with Crippen LogP contribution in [0.1, 0.15) is 81.4 Å². The molecule has 0 aliphatic rings. The first-order chi connectivity index (χ1) is 18.7. The lowest BCUT2D eigenvalue weighted by Crippen LogP contribution is -2.44. The summed E-state index contributed by atoms with van der Waals surface area (Å²) in [5, 5.41) is 0. The fourth-order valence-electron chi connectivity index (χ4n) is 4.31. The molecule has 1 aromatic heterocycles. The largest absolute Gasteiger partial charge is 0.489 e. The molecule has 6 heteroatoms. The van der Waals surface area contributed by atoms with E-state index < -0.39 is 0 Å². The van der Waals surface area contributed by atoms with Gasteiger partial charge in [-0.3, -0.25) is 4.79 Å². The van der Waals surface area contributed by atoms with Crippen LogP contribution in [0.3, 0.4) is 0 Å². The monoisotopic (exact) mass is 529 g/mol. The Bertz CT molecular complexity index is 1240. The van der Waals surface area contributed by atoms with Crippen LogP contribution in [0.25, 0.3) is 5.70 Å². The Kier molecular flexibility index (Phi) is 11.1. The van der Waals surface area contributed by atoms with E-state index in [0.717, 1.165) is 47.4 Å². The summed E-state index contributed by atoms with van der Waals surface area (Å²) >= 11 is 0. The van der Waals surface area contributed by atoms with E-state index in [1.807, 2.05) is 54.6 Å². The molecular weight excluding hydrogens is 486 g/mol. The van der Waals surface area contributed by atoms with Crippen molar-refractivity contribution in [3.05, 3.63) is 89.6 Å². The molecule has 1 heterocycles. The Hall–Kier alpha value is -3.64. The Morgan fingerprint density at radius 2 is 1.82 bits per heavy atom. The van der Waals surface area contributed by atoms with Crippen LogP contribution in [0.5, 0.6) is 17.4 Å². The summed E-state index contributed by atoms with van der Waals surface area (Å²) in [6.45, 7) is 17.2. The molecule has 0 aliphatic carbocycles. The third kappa shape index (κ3) is 8.69. The molecule has 0 saturated heterocycles. The molecule has 2 N–H and O–H groups in total. The first kappa shape index (κ1) is 29.9. The van der Waals surface area contributed by atoms with Crippen molar-refractivity contribution in [2.75, 3.05) is 0 Å². The van der Waals surface area contributed by atoms with E-state index >= 15 is 0 Å². The number of Topliss-reactive ketones (excluding diaryl/α,β-unsaturated/α-hetero) is 1. The standard InChI is InChI=1S/C33H43N3O3/c1-8-11-29-18-28(25(7)37)15-16-32(29)38-21-26-14-17-33(34-20-26)39-30-13-10-12-27(19-30)24(6)35-36-31(9-2)23(5)22(3)4/h10,12-20,22-23,31,35-36H,6,8-9,11,21H2,1-5,7H3. The summed E-state index contributed by atoms with van der Waals surface area (Å²) in [6, 6.07) is 17.6. The van der Waals surface area contributed by atoms with E-state index in [4.69, 9.17) is 9.47 Å². The highest BCUT2D eigenvalue weighted by atomic mass is 16.5. The van der Waals surface area contributed by atoms with Crippen molar-refractivity contribution in [1.82, 2.24) is 15.8 Å². The van der Waals surface area contributed by atoms with Crippen LogP contribution < -0.4 is 20.3 Å². The molecule has 0 radical (unpaired) electrons. The van der Waals surface area contributed by atoms with E-state index in [9.17, 15) is 4.79 Å². The molecular formula is C33H43N3O3. The SMILES string of the molecule is C=C(NNC(CC)C(C)C(C)C)c1cccc(Oc2ccc(COc3ccc(C(C)=O)cc3CCC)cn2)c1. The van der Waals surface area contributed by atoms with Crippen LogP contribution >= 0.6 is 0 Å². The predicted molar refractivity (Wildman–Crippen MR) is 159 cm³/mol. The fourth-order valence-corrected chi connectivity index (χ4v) is 4.31. The van der Waals surface area contributed by atoms with Gasteiger partial charge in [0, 0.05) is 40.7 Å². The number of ether oxygens (including phenoxy) is 2. The van der Waals surface area contributed by atoms with E-state index in [2.05, 4.69) is 57.0 Å². The number of carbonyl (C=O) groups excluding carboxylic acids is 1. The van der Waals surface area contributed by atoms with Gasteiger partial charge in [-0.15, -0.1) is 0 Å². The zero-order valence-electron chi connectivity index (χ0n) is 24.2. The summed E-state index contributed by atoms with van der Waals surface area (Å²) in [4.78, 5) is 16.2. The number of nitrogens with zero attached hydrogens (tertiary/aromatic N) is 1. The van der Waals surface area contributed by atoms with Crippen molar-refractivity contribution in [1.29, 1.82) is 0 Å². The molecule has 0 bridgehead atoms. The maximum Gasteiger partial charge on any atom is 0.219 e. The number of hydrazine groups is 1. The molecule has 0 fully saturated rings. The molecule has 0 saturated carbocycles. The number of benzene rings is 2. The minimum absolute atomic E-state index is 0.0582. The fraction of sp³-hybridized carbons (Fsp3) is 0.394. The molecule has 2 unspecified atom stereocenters. The number of rotatable bonds is 15. The van der Waals surface area contributed by atoms with Gasteiger partial charge in [-0.1, -0.05) is 59.8 Å². The average molecular weight is 530 g/mol. The van der Waals surface area contributed by atoms with Crippen molar-refractivity contribution in [2.24, 2.45) is 11.8 Å². The Balaban J connectivity index is 1.59. The van der Waals surface area contributed by atoms with Crippen LogP contribution in [0, 0.1) is 11.8 Å². The third-order valence-electron chi connectivity index (χ3n) is 7.12. The zero-order valence-corrected chi connectivity index (χ0v) is 24.2. The minimum Gasteiger partial charge on any atom is -0.489 e. The summed E-state index contributed by atoms with van der Waals surface area (Å²) in [5.74, 6) is 3.17. The van der Waals surface area contributed by atoms with Gasteiger partial charge in [0.1, 0.15) is 18.1 Å². The predicted octanol–water partition coefficient (Wildman–Crippen LogP) is 7.74. The summed E-state index contributed by atoms with van der Waals surface area (Å²) < 4.78 is 12.1. The number of nitrogens with one attached hydrogen (secondary N) is 2. The van der Waals surface area contributed by atoms with Gasteiger partial charge >= 0.3 is 0 Å². The lowest BCUT2D eigenvalue weighted by Gasteiger charge is -2.28. The number of hydrogen-bond acceptors (Lipinski definition) is 6. The van der Waals surface area contributed by atoms with Gasteiger partial charge < -0.3 is 14.9 Å². The van der Waals surface area contributed by atoms with E-state index in [1.54, 1.807) is 13.1 Å². The second-order valence-electron chi connectivity index (χ2n) is 10.4. The maximum absolute atomic E-state index is 11.7. The number of pyridine rings is 1. The van der Waals surface area contributed by atoms with Crippen molar-refractivity contribution in [3.8, 4) is 17.4 Å². The van der Waals surface area contributed by atoms with Crippen molar-refractivity contribution < 1.29 is 14.3 Å². The van der Waals surface area contributed by atoms with Crippen LogP contribution in [0.2, 0.25) is 0 Å². The topological polar surface area (TPSA) is 72.5 Å². The lowest BCUT2D eigenvalue weighted by molar-refractivity contribution is 0.101. The first-order valence-electron chi connectivity index (χ1n) is 13.9. The third-order valence-corrected chi connectivity index (χ3v) is 7.12. The average Bonchev–Trinajstić information content (AvgIpc) is 2.93. The van der Waals surface area contributed by atoms with Crippen LogP contribution in [0.4, 0.5) is 0 Å². The number of ketones is 1. The highest BCUT2D eigenvalue weighted by Gasteiger charge is 2.18. The second kappa shape index (κ2) is 14.5. The van der Waals surface area contributed by atoms with E-state index in [0.29, 0.717) is 41.7 Å². The van der Waals surface area contributed by atoms with Gasteiger partial charge in [-0.2, -0.15) is 0 Å². The Labute approximate surface area is 233 Å². The van der Waals surface area contributed by atoms with Crippen molar-refractivity contribution >= 4 is 11.5 Å². The molecule has 3 rings (SSSR count). The van der Waals surface area contributed by atoms with Gasteiger partial charge in [0.15, 0.2) is 5.78 Å². The summed E-state index contributed by atoms with van der Waals surface area (Å²) in [5.41, 5.74) is 11.1. The number of carbonyl (C=O) groups is 1. The Morgan fingerprint density at radius 3 is 2.46 bits per heavy atom. The summed E-state index contributed by atoms with van der Waals surface area (Å²) in [7, 11) is 0. The molecule has 0 amide bonds. The number of aryl methyl sites for hydroxylation is 1. The molecule has 2 atom stereocenters. The molecule has 2 aromatic carbocycles. The summed E-state index contributed by atoms with van der Waals surface area (Å²) in [6.07, 6.45) is 4.62. The molecule has 0 aliphatic heterocycles. The molecule has 208 valence electrons.